The highest BCUT2D eigenvalue weighted by Crippen LogP contribution is 2.25. The van der Waals surface area contributed by atoms with E-state index in [0.717, 1.165) is 35.6 Å². The van der Waals surface area contributed by atoms with Gasteiger partial charge in [0, 0.05) is 12.6 Å². The molecule has 4 heteroatoms. The minimum absolute atomic E-state index is 0.0612. The predicted octanol–water partition coefficient (Wildman–Crippen LogP) is 3.45. The number of methoxy groups -OCH3 is 2. The van der Waals surface area contributed by atoms with Crippen molar-refractivity contribution in [1.82, 2.24) is 0 Å². The molecule has 2 aromatic rings. The van der Waals surface area contributed by atoms with Gasteiger partial charge in [0.25, 0.3) is 0 Å². The molecule has 4 nitrogen and oxygen atoms in total. The summed E-state index contributed by atoms with van der Waals surface area (Å²) in [6, 6.07) is 13.7. The molecule has 0 aliphatic heterocycles. The first-order valence-electron chi connectivity index (χ1n) is 7.20. The number of hydrogen-bond acceptors (Lipinski definition) is 3. The smallest absolute Gasteiger partial charge is 0.221 e. The Morgan fingerprint density at radius 3 is 2.32 bits per heavy atom. The van der Waals surface area contributed by atoms with Gasteiger partial charge in [-0.1, -0.05) is 12.1 Å². The fraction of sp³-hybridized carbons (Fsp3) is 0.278. The highest BCUT2D eigenvalue weighted by atomic mass is 16.5. The van der Waals surface area contributed by atoms with Crippen LogP contribution in [0.15, 0.2) is 42.5 Å². The highest BCUT2D eigenvalue weighted by molar-refractivity contribution is 5.88. The topological polar surface area (TPSA) is 47.6 Å². The maximum Gasteiger partial charge on any atom is 0.221 e. The van der Waals surface area contributed by atoms with E-state index in [1.165, 1.54) is 12.5 Å². The van der Waals surface area contributed by atoms with E-state index in [-0.39, 0.29) is 5.91 Å². The number of hydrogen-bond donors (Lipinski definition) is 1. The van der Waals surface area contributed by atoms with Crippen LogP contribution in [0.2, 0.25) is 0 Å². The number of carbonyl (C=O) groups excluding carboxylic acids is 1. The van der Waals surface area contributed by atoms with Crippen molar-refractivity contribution in [2.24, 2.45) is 0 Å². The molecule has 1 amide bonds. The summed E-state index contributed by atoms with van der Waals surface area (Å²) in [5.74, 6) is 1.64. The second-order valence-corrected chi connectivity index (χ2v) is 5.06. The summed E-state index contributed by atoms with van der Waals surface area (Å²) >= 11 is 0. The van der Waals surface area contributed by atoms with Crippen molar-refractivity contribution >= 4 is 11.6 Å². The van der Waals surface area contributed by atoms with Gasteiger partial charge < -0.3 is 14.8 Å². The fourth-order valence-electron chi connectivity index (χ4n) is 2.31. The molecule has 0 aromatic heterocycles. The summed E-state index contributed by atoms with van der Waals surface area (Å²) in [6.45, 7) is 1.50. The molecule has 0 heterocycles. The summed E-state index contributed by atoms with van der Waals surface area (Å²) < 4.78 is 10.7. The molecule has 0 saturated carbocycles. The Balaban J connectivity index is 2.04. The molecule has 0 saturated heterocycles. The van der Waals surface area contributed by atoms with Crippen molar-refractivity contribution in [1.29, 1.82) is 0 Å². The van der Waals surface area contributed by atoms with Gasteiger partial charge in [0.2, 0.25) is 5.91 Å². The molecule has 0 aliphatic carbocycles. The number of benzene rings is 2. The monoisotopic (exact) mass is 299 g/mol. The lowest BCUT2D eigenvalue weighted by Crippen LogP contribution is -2.05. The van der Waals surface area contributed by atoms with Crippen LogP contribution in [-0.4, -0.2) is 20.1 Å². The number of ether oxygens (including phenoxy) is 2. The van der Waals surface area contributed by atoms with Crippen molar-refractivity contribution in [3.05, 3.63) is 53.6 Å². The summed E-state index contributed by atoms with van der Waals surface area (Å²) in [5.41, 5.74) is 3.14. The van der Waals surface area contributed by atoms with Gasteiger partial charge in [-0.3, -0.25) is 4.79 Å². The summed E-state index contributed by atoms with van der Waals surface area (Å²) in [6.07, 6.45) is 1.75. The largest absolute Gasteiger partial charge is 0.497 e. The van der Waals surface area contributed by atoms with E-state index in [0.29, 0.717) is 0 Å². The Morgan fingerprint density at radius 2 is 1.73 bits per heavy atom. The maximum absolute atomic E-state index is 11.0. The molecule has 0 radical (unpaired) electrons. The Morgan fingerprint density at radius 1 is 1.00 bits per heavy atom. The van der Waals surface area contributed by atoms with E-state index < -0.39 is 0 Å². The Labute approximate surface area is 131 Å². The number of aryl methyl sites for hydroxylation is 2. The van der Waals surface area contributed by atoms with Gasteiger partial charge in [0.1, 0.15) is 11.5 Å². The van der Waals surface area contributed by atoms with E-state index in [9.17, 15) is 4.79 Å². The lowest BCUT2D eigenvalue weighted by molar-refractivity contribution is -0.114. The van der Waals surface area contributed by atoms with Gasteiger partial charge in [-0.2, -0.15) is 0 Å². The third-order valence-electron chi connectivity index (χ3n) is 3.44. The van der Waals surface area contributed by atoms with Crippen molar-refractivity contribution in [2.75, 3.05) is 19.5 Å². The predicted molar refractivity (Wildman–Crippen MR) is 87.7 cm³/mol. The zero-order valence-corrected chi connectivity index (χ0v) is 13.2. The molecular formula is C18H21NO3. The average molecular weight is 299 g/mol. The maximum atomic E-state index is 11.0. The number of anilines is 1. The lowest BCUT2D eigenvalue weighted by atomic mass is 10.0. The third-order valence-corrected chi connectivity index (χ3v) is 3.44. The molecule has 2 aromatic carbocycles. The zero-order chi connectivity index (χ0) is 15.9. The van der Waals surface area contributed by atoms with Crippen LogP contribution in [0.25, 0.3) is 0 Å². The van der Waals surface area contributed by atoms with Crippen LogP contribution >= 0.6 is 0 Å². The van der Waals surface area contributed by atoms with Crippen molar-refractivity contribution < 1.29 is 14.3 Å². The quantitative estimate of drug-likeness (QED) is 0.888. The average Bonchev–Trinajstić information content (AvgIpc) is 2.53. The third kappa shape index (κ3) is 4.25. The molecule has 0 aliphatic rings. The van der Waals surface area contributed by atoms with Crippen LogP contribution in [0.3, 0.4) is 0 Å². The van der Waals surface area contributed by atoms with Crippen molar-refractivity contribution in [3.8, 4) is 11.5 Å². The zero-order valence-electron chi connectivity index (χ0n) is 13.2. The summed E-state index contributed by atoms with van der Waals surface area (Å²) in [4.78, 5) is 11.0. The van der Waals surface area contributed by atoms with E-state index in [4.69, 9.17) is 9.47 Å². The van der Waals surface area contributed by atoms with Crippen LogP contribution in [0.5, 0.6) is 11.5 Å². The van der Waals surface area contributed by atoms with Gasteiger partial charge in [0.15, 0.2) is 0 Å². The SMILES string of the molecule is COc1ccc(OC)c(CCc2ccc(NC(C)=O)cc2)c1. The normalized spacial score (nSPS) is 10.1. The second kappa shape index (κ2) is 7.50. The highest BCUT2D eigenvalue weighted by Gasteiger charge is 2.06. The van der Waals surface area contributed by atoms with Gasteiger partial charge in [-0.25, -0.2) is 0 Å². The molecule has 0 unspecified atom stereocenters. The first-order valence-corrected chi connectivity index (χ1v) is 7.20. The molecule has 1 N–H and O–H groups in total. The molecular weight excluding hydrogens is 278 g/mol. The number of carbonyl (C=O) groups is 1. The van der Waals surface area contributed by atoms with Crippen LogP contribution in [-0.2, 0) is 17.6 Å². The lowest BCUT2D eigenvalue weighted by Gasteiger charge is -2.11. The van der Waals surface area contributed by atoms with Crippen LogP contribution < -0.4 is 14.8 Å². The van der Waals surface area contributed by atoms with Gasteiger partial charge in [-0.15, -0.1) is 0 Å². The van der Waals surface area contributed by atoms with Crippen molar-refractivity contribution in [2.45, 2.75) is 19.8 Å². The fourth-order valence-corrected chi connectivity index (χ4v) is 2.31. The standard InChI is InChI=1S/C18H21NO3/c1-13(20)19-16-8-5-14(6-9-16)4-7-15-12-17(21-2)10-11-18(15)22-3/h5-6,8-12H,4,7H2,1-3H3,(H,19,20). The number of amides is 1. The van der Waals surface area contributed by atoms with Crippen LogP contribution in [0.1, 0.15) is 18.1 Å². The number of nitrogens with one attached hydrogen (secondary N) is 1. The first-order chi connectivity index (χ1) is 10.6. The van der Waals surface area contributed by atoms with E-state index in [1.54, 1.807) is 14.2 Å². The van der Waals surface area contributed by atoms with Crippen molar-refractivity contribution in [3.63, 3.8) is 0 Å². The molecule has 22 heavy (non-hydrogen) atoms. The molecule has 0 bridgehead atoms. The Bertz CT molecular complexity index is 635. The molecule has 0 spiro atoms. The molecule has 2 rings (SSSR count). The number of rotatable bonds is 6. The Hall–Kier alpha value is -2.49. The van der Waals surface area contributed by atoms with Crippen LogP contribution in [0, 0.1) is 0 Å². The molecule has 0 atom stereocenters. The summed E-state index contributed by atoms with van der Waals surface area (Å²) in [5, 5.41) is 2.76. The minimum atomic E-state index is -0.0612. The van der Waals surface area contributed by atoms with Gasteiger partial charge in [0.05, 0.1) is 14.2 Å². The van der Waals surface area contributed by atoms with E-state index in [2.05, 4.69) is 5.32 Å². The minimum Gasteiger partial charge on any atom is -0.497 e. The molecule has 116 valence electrons. The van der Waals surface area contributed by atoms with Crippen LogP contribution in [0.4, 0.5) is 5.69 Å². The van der Waals surface area contributed by atoms with Gasteiger partial charge >= 0.3 is 0 Å². The van der Waals surface area contributed by atoms with E-state index in [1.807, 2.05) is 42.5 Å². The summed E-state index contributed by atoms with van der Waals surface area (Å²) in [7, 11) is 3.33. The van der Waals surface area contributed by atoms with Gasteiger partial charge in [-0.05, 0) is 54.3 Å². The Kier molecular flexibility index (Phi) is 5.42. The van der Waals surface area contributed by atoms with E-state index >= 15 is 0 Å². The first kappa shape index (κ1) is 15.9. The second-order valence-electron chi connectivity index (χ2n) is 5.06. The molecule has 0 fully saturated rings.